The summed E-state index contributed by atoms with van der Waals surface area (Å²) in [6, 6.07) is 0. The summed E-state index contributed by atoms with van der Waals surface area (Å²) in [5, 5.41) is 6.30. The van der Waals surface area contributed by atoms with Crippen LogP contribution in [0.25, 0.3) is 0 Å². The molecule has 0 aromatic carbocycles. The fourth-order valence-corrected chi connectivity index (χ4v) is 1.85. The molecule has 1 heterocycles. The van der Waals surface area contributed by atoms with Gasteiger partial charge in [-0.2, -0.15) is 0 Å². The van der Waals surface area contributed by atoms with Crippen LogP contribution in [0.2, 0.25) is 0 Å². The lowest BCUT2D eigenvalue weighted by atomic mass is 10.0. The number of Topliss-reactive ketones (excluding diaryl/α,β-unsaturated/α-hetero) is 2. The monoisotopic (exact) mass is 250 g/mol. The SMILES string of the molecule is CC(=O)C1=C(NC=C(C)C)NCCC(=O)CCC1. The molecule has 0 saturated carbocycles. The zero-order valence-electron chi connectivity index (χ0n) is 11.4. The third-order valence-corrected chi connectivity index (χ3v) is 2.82. The van der Waals surface area contributed by atoms with Crippen LogP contribution in [0.5, 0.6) is 0 Å². The van der Waals surface area contributed by atoms with Crippen molar-refractivity contribution in [1.82, 2.24) is 10.6 Å². The standard InChI is InChI=1S/C14H22N2O2/c1-10(2)9-16-14-13(11(3)17)6-4-5-12(18)7-8-15-14/h9,15-16H,4-8H2,1-3H3. The van der Waals surface area contributed by atoms with Crippen LogP contribution in [-0.4, -0.2) is 18.1 Å². The summed E-state index contributed by atoms with van der Waals surface area (Å²) in [7, 11) is 0. The minimum Gasteiger partial charge on any atom is -0.371 e. The number of carbonyl (C=O) groups is 2. The summed E-state index contributed by atoms with van der Waals surface area (Å²) in [6.07, 6.45) is 4.34. The van der Waals surface area contributed by atoms with Crippen LogP contribution in [0.3, 0.4) is 0 Å². The molecule has 1 aliphatic heterocycles. The molecule has 4 heteroatoms. The largest absolute Gasteiger partial charge is 0.371 e. The Morgan fingerprint density at radius 2 is 1.94 bits per heavy atom. The van der Waals surface area contributed by atoms with Gasteiger partial charge in [0.25, 0.3) is 0 Å². The van der Waals surface area contributed by atoms with E-state index in [2.05, 4.69) is 10.6 Å². The van der Waals surface area contributed by atoms with Crippen LogP contribution in [0, 0.1) is 0 Å². The molecule has 0 amide bonds. The normalized spacial score (nSPS) is 17.2. The average Bonchev–Trinajstić information content (AvgIpc) is 2.37. The van der Waals surface area contributed by atoms with Crippen LogP contribution >= 0.6 is 0 Å². The molecule has 2 N–H and O–H groups in total. The zero-order valence-corrected chi connectivity index (χ0v) is 11.4. The maximum atomic E-state index is 11.7. The topological polar surface area (TPSA) is 58.2 Å². The van der Waals surface area contributed by atoms with Gasteiger partial charge in [-0.25, -0.2) is 0 Å². The molecular formula is C14H22N2O2. The minimum absolute atomic E-state index is 0.0569. The first-order valence-corrected chi connectivity index (χ1v) is 6.40. The minimum atomic E-state index is 0.0569. The van der Waals surface area contributed by atoms with E-state index in [1.165, 1.54) is 0 Å². The summed E-state index contributed by atoms with van der Waals surface area (Å²) in [4.78, 5) is 23.1. The van der Waals surface area contributed by atoms with Gasteiger partial charge in [-0.3, -0.25) is 9.59 Å². The van der Waals surface area contributed by atoms with Crippen molar-refractivity contribution in [2.24, 2.45) is 0 Å². The van der Waals surface area contributed by atoms with E-state index in [1.54, 1.807) is 6.92 Å². The van der Waals surface area contributed by atoms with E-state index in [9.17, 15) is 9.59 Å². The van der Waals surface area contributed by atoms with E-state index in [0.717, 1.165) is 23.4 Å². The lowest BCUT2D eigenvalue weighted by Crippen LogP contribution is -2.28. The molecule has 0 aromatic heterocycles. The van der Waals surface area contributed by atoms with Gasteiger partial charge in [-0.1, -0.05) is 5.57 Å². The van der Waals surface area contributed by atoms with Gasteiger partial charge in [0, 0.05) is 31.2 Å². The second-order valence-corrected chi connectivity index (χ2v) is 4.84. The highest BCUT2D eigenvalue weighted by atomic mass is 16.1. The third-order valence-electron chi connectivity index (χ3n) is 2.82. The van der Waals surface area contributed by atoms with Gasteiger partial charge in [0.15, 0.2) is 5.78 Å². The van der Waals surface area contributed by atoms with E-state index in [4.69, 9.17) is 0 Å². The zero-order chi connectivity index (χ0) is 13.5. The van der Waals surface area contributed by atoms with Gasteiger partial charge in [-0.05, 0) is 33.6 Å². The first kappa shape index (κ1) is 14.5. The average molecular weight is 250 g/mol. The van der Waals surface area contributed by atoms with E-state index < -0.39 is 0 Å². The molecular weight excluding hydrogens is 228 g/mol. The number of hydrogen-bond donors (Lipinski definition) is 2. The quantitative estimate of drug-likeness (QED) is 0.804. The molecule has 0 fully saturated rings. The predicted molar refractivity (Wildman–Crippen MR) is 71.8 cm³/mol. The maximum Gasteiger partial charge on any atom is 0.159 e. The Hall–Kier alpha value is -1.58. The molecule has 0 radical (unpaired) electrons. The highest BCUT2D eigenvalue weighted by Crippen LogP contribution is 2.14. The molecule has 100 valence electrons. The molecule has 0 aliphatic carbocycles. The summed E-state index contributed by atoms with van der Waals surface area (Å²) in [5.41, 5.74) is 1.88. The van der Waals surface area contributed by atoms with Gasteiger partial charge in [-0.15, -0.1) is 0 Å². The van der Waals surface area contributed by atoms with Crippen LogP contribution < -0.4 is 10.6 Å². The summed E-state index contributed by atoms with van der Waals surface area (Å²) in [6.45, 7) is 6.12. The Morgan fingerprint density at radius 1 is 1.22 bits per heavy atom. The highest BCUT2D eigenvalue weighted by molar-refractivity contribution is 5.94. The van der Waals surface area contributed by atoms with E-state index in [1.807, 2.05) is 20.0 Å². The Bertz CT molecular complexity index is 391. The number of rotatable bonds is 3. The lowest BCUT2D eigenvalue weighted by Gasteiger charge is -2.14. The molecule has 1 aliphatic rings. The Kier molecular flexibility index (Phi) is 5.62. The number of ketones is 2. The van der Waals surface area contributed by atoms with Gasteiger partial charge in [0.1, 0.15) is 11.6 Å². The smallest absolute Gasteiger partial charge is 0.159 e. The number of hydrogen-bond acceptors (Lipinski definition) is 4. The molecule has 0 saturated heterocycles. The van der Waals surface area contributed by atoms with Crippen LogP contribution in [0.15, 0.2) is 23.2 Å². The Morgan fingerprint density at radius 3 is 2.56 bits per heavy atom. The van der Waals surface area contributed by atoms with E-state index >= 15 is 0 Å². The summed E-state index contributed by atoms with van der Waals surface area (Å²) < 4.78 is 0. The van der Waals surface area contributed by atoms with E-state index in [-0.39, 0.29) is 11.6 Å². The number of nitrogens with one attached hydrogen (secondary N) is 2. The molecule has 4 nitrogen and oxygen atoms in total. The molecule has 0 spiro atoms. The van der Waals surface area contributed by atoms with Crippen molar-refractivity contribution in [2.45, 2.75) is 46.5 Å². The van der Waals surface area contributed by atoms with Crippen LogP contribution in [-0.2, 0) is 9.59 Å². The summed E-state index contributed by atoms with van der Waals surface area (Å²) in [5.74, 6) is 1.06. The molecule has 0 bridgehead atoms. The van der Waals surface area contributed by atoms with Crippen molar-refractivity contribution in [3.63, 3.8) is 0 Å². The predicted octanol–water partition coefficient (Wildman–Crippen LogP) is 2.03. The number of allylic oxidation sites excluding steroid dienone is 2. The second-order valence-electron chi connectivity index (χ2n) is 4.84. The molecule has 18 heavy (non-hydrogen) atoms. The fraction of sp³-hybridized carbons (Fsp3) is 0.571. The molecule has 1 rings (SSSR count). The first-order chi connectivity index (χ1) is 8.50. The van der Waals surface area contributed by atoms with Crippen molar-refractivity contribution >= 4 is 11.6 Å². The second kappa shape index (κ2) is 6.99. The van der Waals surface area contributed by atoms with Gasteiger partial charge in [0.05, 0.1) is 0 Å². The van der Waals surface area contributed by atoms with Gasteiger partial charge < -0.3 is 10.6 Å². The molecule has 0 unspecified atom stereocenters. The number of carbonyl (C=O) groups excluding carboxylic acids is 2. The summed E-state index contributed by atoms with van der Waals surface area (Å²) >= 11 is 0. The van der Waals surface area contributed by atoms with Crippen LogP contribution in [0.1, 0.15) is 46.5 Å². The lowest BCUT2D eigenvalue weighted by molar-refractivity contribution is -0.119. The molecule has 0 aromatic rings. The van der Waals surface area contributed by atoms with Crippen LogP contribution in [0.4, 0.5) is 0 Å². The van der Waals surface area contributed by atoms with Crippen molar-refractivity contribution in [3.05, 3.63) is 23.2 Å². The van der Waals surface area contributed by atoms with Crippen molar-refractivity contribution in [2.75, 3.05) is 6.54 Å². The van der Waals surface area contributed by atoms with Gasteiger partial charge >= 0.3 is 0 Å². The van der Waals surface area contributed by atoms with Crippen molar-refractivity contribution < 1.29 is 9.59 Å². The fourth-order valence-electron chi connectivity index (χ4n) is 1.85. The third kappa shape index (κ3) is 4.73. The Labute approximate surface area is 109 Å². The van der Waals surface area contributed by atoms with Crippen molar-refractivity contribution in [3.8, 4) is 0 Å². The van der Waals surface area contributed by atoms with Gasteiger partial charge in [0.2, 0.25) is 0 Å². The highest BCUT2D eigenvalue weighted by Gasteiger charge is 2.14. The maximum absolute atomic E-state index is 11.7. The van der Waals surface area contributed by atoms with Crippen molar-refractivity contribution in [1.29, 1.82) is 0 Å². The van der Waals surface area contributed by atoms with E-state index in [0.29, 0.717) is 25.8 Å². The Balaban J connectivity index is 2.90. The molecule has 0 atom stereocenters. The first-order valence-electron chi connectivity index (χ1n) is 6.40.